The molecule has 7 heteroatoms. The van der Waals surface area contributed by atoms with Crippen LogP contribution in [0.3, 0.4) is 0 Å². The van der Waals surface area contributed by atoms with Gasteiger partial charge in [-0.15, -0.1) is 0 Å². The van der Waals surface area contributed by atoms with Crippen molar-refractivity contribution in [1.29, 1.82) is 0 Å². The molecule has 1 saturated heterocycles. The van der Waals surface area contributed by atoms with Gasteiger partial charge in [0, 0.05) is 31.4 Å². The third-order valence-corrected chi connectivity index (χ3v) is 7.22. The molecular weight excluding hydrogens is 354 g/mol. The lowest BCUT2D eigenvalue weighted by molar-refractivity contribution is 0.0357. The van der Waals surface area contributed by atoms with Gasteiger partial charge in [-0.25, -0.2) is 4.98 Å². The van der Waals surface area contributed by atoms with Crippen molar-refractivity contribution in [3.63, 3.8) is 0 Å². The predicted octanol–water partition coefficient (Wildman–Crippen LogP) is 2.74. The Kier molecular flexibility index (Phi) is 4.70. The van der Waals surface area contributed by atoms with Gasteiger partial charge in [0.25, 0.3) is 5.91 Å². The zero-order valence-electron chi connectivity index (χ0n) is 16.2. The van der Waals surface area contributed by atoms with E-state index in [1.165, 1.54) is 19.3 Å². The molecule has 0 aromatic carbocycles. The molecule has 4 atom stereocenters. The average Bonchev–Trinajstić information content (AvgIpc) is 3.46. The molecule has 28 heavy (non-hydrogen) atoms. The van der Waals surface area contributed by atoms with Crippen molar-refractivity contribution in [3.05, 3.63) is 36.2 Å². The van der Waals surface area contributed by atoms with E-state index in [4.69, 9.17) is 0 Å². The highest BCUT2D eigenvalue weighted by Crippen LogP contribution is 2.42. The summed E-state index contributed by atoms with van der Waals surface area (Å²) >= 11 is 0. The van der Waals surface area contributed by atoms with Crippen molar-refractivity contribution in [2.75, 3.05) is 13.1 Å². The van der Waals surface area contributed by atoms with Crippen LogP contribution in [0.1, 0.15) is 73.0 Å². The molecule has 2 aliphatic carbocycles. The Labute approximate surface area is 165 Å². The molecule has 2 N–H and O–H groups in total. The third kappa shape index (κ3) is 3.15. The minimum atomic E-state index is -0.378. The van der Waals surface area contributed by atoms with E-state index in [0.29, 0.717) is 17.8 Å². The fraction of sp³-hybridized carbons (Fsp3) is 0.667. The van der Waals surface area contributed by atoms with E-state index >= 15 is 0 Å². The van der Waals surface area contributed by atoms with Crippen LogP contribution >= 0.6 is 0 Å². The Balaban J connectivity index is 1.30. The molecule has 2 aromatic heterocycles. The van der Waals surface area contributed by atoms with E-state index in [9.17, 15) is 9.90 Å². The highest BCUT2D eigenvalue weighted by Gasteiger charge is 2.44. The first-order valence-electron chi connectivity index (χ1n) is 10.7. The van der Waals surface area contributed by atoms with Crippen LogP contribution in [0.15, 0.2) is 24.9 Å². The normalized spacial score (nSPS) is 31.1. The predicted molar refractivity (Wildman–Crippen MR) is 104 cm³/mol. The van der Waals surface area contributed by atoms with Gasteiger partial charge >= 0.3 is 0 Å². The molecule has 0 unspecified atom stereocenters. The summed E-state index contributed by atoms with van der Waals surface area (Å²) in [7, 11) is 0. The molecule has 150 valence electrons. The number of nitrogens with one attached hydrogen (secondary N) is 1. The molecule has 0 radical (unpaired) electrons. The van der Waals surface area contributed by atoms with Crippen LogP contribution in [0.4, 0.5) is 0 Å². The number of likely N-dealkylation sites (tertiary alicyclic amines) is 1. The fourth-order valence-corrected chi connectivity index (χ4v) is 5.70. The first-order chi connectivity index (χ1) is 13.7. The molecule has 0 spiro atoms. The van der Waals surface area contributed by atoms with Crippen molar-refractivity contribution in [1.82, 2.24) is 24.6 Å². The summed E-state index contributed by atoms with van der Waals surface area (Å²) in [5.74, 6) is 1.36. The Morgan fingerprint density at radius 1 is 1.14 bits per heavy atom. The van der Waals surface area contributed by atoms with Gasteiger partial charge in [-0.1, -0.05) is 19.3 Å². The van der Waals surface area contributed by atoms with Crippen molar-refractivity contribution in [2.45, 2.75) is 63.0 Å². The number of nitrogens with zero attached hydrogens (tertiary/aromatic N) is 4. The lowest BCUT2D eigenvalue weighted by Crippen LogP contribution is -2.35. The Bertz CT molecular complexity index is 811. The van der Waals surface area contributed by atoms with Gasteiger partial charge in [0.05, 0.1) is 35.9 Å². The summed E-state index contributed by atoms with van der Waals surface area (Å²) in [5.41, 5.74) is 1.80. The number of fused-ring (bicyclic) bond motifs is 1. The lowest BCUT2D eigenvalue weighted by Gasteiger charge is -2.35. The van der Waals surface area contributed by atoms with Gasteiger partial charge in [0.15, 0.2) is 0 Å². The van der Waals surface area contributed by atoms with Crippen LogP contribution < -0.4 is 0 Å². The maximum absolute atomic E-state index is 13.3. The van der Waals surface area contributed by atoms with Gasteiger partial charge in [0.2, 0.25) is 0 Å². The average molecular weight is 383 g/mol. The number of hydrogen-bond donors (Lipinski definition) is 2. The summed E-state index contributed by atoms with van der Waals surface area (Å²) < 4.78 is 2.02. The summed E-state index contributed by atoms with van der Waals surface area (Å²) in [5, 5.41) is 18.0. The van der Waals surface area contributed by atoms with Crippen LogP contribution in [-0.4, -0.2) is 54.9 Å². The quantitative estimate of drug-likeness (QED) is 0.853. The maximum Gasteiger partial charge on any atom is 0.257 e. The molecule has 1 amide bonds. The SMILES string of the molecule is O=C(c1cn[nH]c1C1CCCCC1)N1C[C@H]2C[C@@H](n3ccnc3)[C@H](O)C[C@H]2C1. The molecule has 7 nitrogen and oxygen atoms in total. The summed E-state index contributed by atoms with van der Waals surface area (Å²) in [6.45, 7) is 1.52. The van der Waals surface area contributed by atoms with Crippen molar-refractivity contribution in [2.24, 2.45) is 11.8 Å². The molecule has 0 bridgehead atoms. The highest BCUT2D eigenvalue weighted by molar-refractivity contribution is 5.95. The summed E-state index contributed by atoms with van der Waals surface area (Å²) in [6, 6.07) is 0.0607. The smallest absolute Gasteiger partial charge is 0.257 e. The molecule has 2 saturated carbocycles. The van der Waals surface area contributed by atoms with Crippen LogP contribution in [0.5, 0.6) is 0 Å². The van der Waals surface area contributed by atoms with Crippen LogP contribution in [0.25, 0.3) is 0 Å². The number of rotatable bonds is 3. The first kappa shape index (κ1) is 17.9. The van der Waals surface area contributed by atoms with Crippen LogP contribution in [0, 0.1) is 11.8 Å². The molecule has 3 heterocycles. The third-order valence-electron chi connectivity index (χ3n) is 7.22. The Morgan fingerprint density at radius 2 is 1.93 bits per heavy atom. The van der Waals surface area contributed by atoms with E-state index in [0.717, 1.165) is 50.0 Å². The van der Waals surface area contributed by atoms with Gasteiger partial charge in [0.1, 0.15) is 0 Å². The van der Waals surface area contributed by atoms with Crippen molar-refractivity contribution < 1.29 is 9.90 Å². The number of aromatic amines is 1. The van der Waals surface area contributed by atoms with Gasteiger partial charge < -0.3 is 14.6 Å². The Morgan fingerprint density at radius 3 is 2.68 bits per heavy atom. The summed E-state index contributed by atoms with van der Waals surface area (Å²) in [4.78, 5) is 19.4. The highest BCUT2D eigenvalue weighted by atomic mass is 16.3. The zero-order chi connectivity index (χ0) is 19.1. The van der Waals surface area contributed by atoms with E-state index < -0.39 is 0 Å². The van der Waals surface area contributed by atoms with Crippen LogP contribution in [0.2, 0.25) is 0 Å². The summed E-state index contributed by atoms with van der Waals surface area (Å²) in [6.07, 6.45) is 14.5. The zero-order valence-corrected chi connectivity index (χ0v) is 16.2. The molecular formula is C21H29N5O2. The minimum Gasteiger partial charge on any atom is -0.391 e. The topological polar surface area (TPSA) is 87.0 Å². The van der Waals surface area contributed by atoms with E-state index in [1.807, 2.05) is 15.7 Å². The Hall–Kier alpha value is -2.15. The molecule has 3 aliphatic rings. The van der Waals surface area contributed by atoms with Gasteiger partial charge in [-0.05, 0) is 37.5 Å². The number of carbonyl (C=O) groups is 1. The number of aromatic nitrogens is 4. The number of amides is 1. The molecule has 5 rings (SSSR count). The number of aliphatic hydroxyl groups is 1. The molecule has 1 aliphatic heterocycles. The second-order valence-electron chi connectivity index (χ2n) is 8.88. The largest absolute Gasteiger partial charge is 0.391 e. The van der Waals surface area contributed by atoms with Gasteiger partial charge in [-0.2, -0.15) is 5.10 Å². The van der Waals surface area contributed by atoms with E-state index in [2.05, 4.69) is 15.2 Å². The van der Waals surface area contributed by atoms with Crippen LogP contribution in [-0.2, 0) is 0 Å². The van der Waals surface area contributed by atoms with Crippen molar-refractivity contribution >= 4 is 5.91 Å². The standard InChI is InChI=1S/C21H29N5O2/c27-19-9-16-12-26(11-15(16)8-18(19)25-7-6-22-13-25)21(28)17-10-23-24-20(17)14-4-2-1-3-5-14/h6-7,10,13-16,18-19,27H,1-5,8-9,11-12H2,(H,23,24)/t15-,16+,18-,19-/m1/s1. The number of aliphatic hydroxyl groups excluding tert-OH is 1. The lowest BCUT2D eigenvalue weighted by atomic mass is 9.77. The van der Waals surface area contributed by atoms with E-state index in [-0.39, 0.29) is 18.1 Å². The monoisotopic (exact) mass is 383 g/mol. The van der Waals surface area contributed by atoms with Gasteiger partial charge in [-0.3, -0.25) is 9.89 Å². The minimum absolute atomic E-state index is 0.0607. The number of H-pyrrole nitrogens is 1. The van der Waals surface area contributed by atoms with E-state index in [1.54, 1.807) is 18.7 Å². The molecule has 3 fully saturated rings. The number of carbonyl (C=O) groups excluding carboxylic acids is 1. The van der Waals surface area contributed by atoms with Crippen molar-refractivity contribution in [3.8, 4) is 0 Å². The maximum atomic E-state index is 13.3. The second-order valence-corrected chi connectivity index (χ2v) is 8.88. The second kappa shape index (κ2) is 7.35. The number of imidazole rings is 1. The number of hydrogen-bond acceptors (Lipinski definition) is 4. The fourth-order valence-electron chi connectivity index (χ4n) is 5.70. The molecule has 2 aromatic rings. The first-order valence-corrected chi connectivity index (χ1v) is 10.7.